The van der Waals surface area contributed by atoms with Crippen molar-refractivity contribution in [2.45, 2.75) is 27.2 Å². The molecule has 0 amide bonds. The van der Waals surface area contributed by atoms with Gasteiger partial charge in [0.25, 0.3) is 0 Å². The lowest BCUT2D eigenvalue weighted by Gasteiger charge is -2.21. The van der Waals surface area contributed by atoms with Crippen LogP contribution in [0.2, 0.25) is 0 Å². The van der Waals surface area contributed by atoms with Crippen LogP contribution in [-0.4, -0.2) is 31.7 Å². The van der Waals surface area contributed by atoms with Crippen LogP contribution in [-0.2, 0) is 0 Å². The first-order chi connectivity index (χ1) is 7.79. The van der Waals surface area contributed by atoms with E-state index in [2.05, 4.69) is 36.0 Å². The number of hydrogen-bond donors (Lipinski definition) is 1. The first-order valence-corrected chi connectivity index (χ1v) is 6.10. The van der Waals surface area contributed by atoms with E-state index in [1.165, 1.54) is 6.42 Å². The molecule has 1 aromatic heterocycles. The summed E-state index contributed by atoms with van der Waals surface area (Å²) in [5.41, 5.74) is 0. The van der Waals surface area contributed by atoms with Gasteiger partial charge in [0.15, 0.2) is 0 Å². The minimum Gasteiger partial charge on any atom is -0.356 e. The normalized spacial score (nSPS) is 9.25. The third-order valence-electron chi connectivity index (χ3n) is 1.99. The fraction of sp³-hybridized carbons (Fsp3) is 0.615. The quantitative estimate of drug-likeness (QED) is 0.831. The predicted molar refractivity (Wildman–Crippen MR) is 72.0 cm³/mol. The Morgan fingerprint density at radius 3 is 2.38 bits per heavy atom. The molecule has 0 atom stereocenters. The maximum atomic E-state index is 4.30. The van der Waals surface area contributed by atoms with E-state index in [4.69, 9.17) is 0 Å². The van der Waals surface area contributed by atoms with Gasteiger partial charge in [0.05, 0.1) is 0 Å². The first kappa shape index (κ1) is 14.9. The maximum Gasteiger partial charge on any atom is 0.128 e. The Morgan fingerprint density at radius 2 is 1.94 bits per heavy atom. The van der Waals surface area contributed by atoms with Gasteiger partial charge >= 0.3 is 0 Å². The molecule has 0 aliphatic carbocycles. The summed E-state index contributed by atoms with van der Waals surface area (Å²) >= 11 is 0. The lowest BCUT2D eigenvalue weighted by Crippen LogP contribution is -2.31. The zero-order valence-corrected chi connectivity index (χ0v) is 11.0. The van der Waals surface area contributed by atoms with Crippen molar-refractivity contribution in [3.63, 3.8) is 0 Å². The van der Waals surface area contributed by atoms with E-state index in [9.17, 15) is 0 Å². The maximum absolute atomic E-state index is 4.30. The number of nitrogens with one attached hydrogen (secondary N) is 1. The van der Waals surface area contributed by atoms with Crippen LogP contribution in [0, 0.1) is 0 Å². The first-order valence-electron chi connectivity index (χ1n) is 6.10. The van der Waals surface area contributed by atoms with E-state index in [0.717, 1.165) is 25.5 Å². The molecule has 3 nitrogen and oxygen atoms in total. The molecule has 0 saturated carbocycles. The Hall–Kier alpha value is -1.09. The number of anilines is 1. The largest absolute Gasteiger partial charge is 0.356 e. The Kier molecular flexibility index (Phi) is 9.72. The summed E-state index contributed by atoms with van der Waals surface area (Å²) in [5.74, 6) is 1.06. The standard InChI is InChI=1S/C10H17N3.C3H8/c1-3-13(9-8-11-2)10-6-4-5-7-12-10;1-3-2/h4-7,11H,3,8-9H2,1-2H3;3H2,1-2H3. The number of aromatic nitrogens is 1. The Labute approximate surface area is 99.9 Å². The van der Waals surface area contributed by atoms with Crippen molar-refractivity contribution < 1.29 is 0 Å². The smallest absolute Gasteiger partial charge is 0.128 e. The number of rotatable bonds is 5. The van der Waals surface area contributed by atoms with Crippen LogP contribution in [0.15, 0.2) is 24.4 Å². The molecule has 0 aliphatic heterocycles. The van der Waals surface area contributed by atoms with Gasteiger partial charge in [-0.25, -0.2) is 4.98 Å². The van der Waals surface area contributed by atoms with E-state index in [0.29, 0.717) is 0 Å². The minimum absolute atomic E-state index is 0.990. The summed E-state index contributed by atoms with van der Waals surface area (Å²) in [6.07, 6.45) is 3.08. The molecule has 0 bridgehead atoms. The zero-order valence-electron chi connectivity index (χ0n) is 11.0. The van der Waals surface area contributed by atoms with E-state index in [1.54, 1.807) is 0 Å². The monoisotopic (exact) mass is 223 g/mol. The second-order valence-electron chi connectivity index (χ2n) is 3.58. The van der Waals surface area contributed by atoms with Crippen molar-refractivity contribution in [2.24, 2.45) is 0 Å². The van der Waals surface area contributed by atoms with Crippen LogP contribution in [0.1, 0.15) is 27.2 Å². The van der Waals surface area contributed by atoms with Crippen LogP contribution >= 0.6 is 0 Å². The molecule has 0 unspecified atom stereocenters. The molecule has 0 saturated heterocycles. The molecule has 16 heavy (non-hydrogen) atoms. The Bertz CT molecular complexity index is 236. The molecule has 0 aromatic carbocycles. The Morgan fingerprint density at radius 1 is 1.25 bits per heavy atom. The summed E-state index contributed by atoms with van der Waals surface area (Å²) in [6.45, 7) is 9.39. The molecular formula is C13H25N3. The average molecular weight is 223 g/mol. The highest BCUT2D eigenvalue weighted by Crippen LogP contribution is 2.07. The average Bonchev–Trinajstić information content (AvgIpc) is 2.32. The molecule has 92 valence electrons. The molecule has 0 spiro atoms. The van der Waals surface area contributed by atoms with Crippen LogP contribution in [0.5, 0.6) is 0 Å². The van der Waals surface area contributed by atoms with Crippen molar-refractivity contribution in [1.82, 2.24) is 10.3 Å². The molecule has 1 rings (SSSR count). The van der Waals surface area contributed by atoms with Crippen LogP contribution in [0.25, 0.3) is 0 Å². The number of nitrogens with zero attached hydrogens (tertiary/aromatic N) is 2. The molecular weight excluding hydrogens is 198 g/mol. The van der Waals surface area contributed by atoms with Gasteiger partial charge in [-0.1, -0.05) is 26.3 Å². The molecule has 1 N–H and O–H groups in total. The van der Waals surface area contributed by atoms with Gasteiger partial charge in [-0.05, 0) is 26.1 Å². The summed E-state index contributed by atoms with van der Waals surface area (Å²) < 4.78 is 0. The van der Waals surface area contributed by atoms with E-state index in [1.807, 2.05) is 31.4 Å². The summed E-state index contributed by atoms with van der Waals surface area (Å²) in [6, 6.07) is 6.00. The molecule has 1 heterocycles. The topological polar surface area (TPSA) is 28.2 Å². The van der Waals surface area contributed by atoms with Crippen molar-refractivity contribution in [2.75, 3.05) is 31.6 Å². The molecule has 0 aliphatic rings. The summed E-state index contributed by atoms with van der Waals surface area (Å²) in [5, 5.41) is 3.13. The minimum atomic E-state index is 0.990. The van der Waals surface area contributed by atoms with E-state index >= 15 is 0 Å². The van der Waals surface area contributed by atoms with Crippen molar-refractivity contribution >= 4 is 5.82 Å². The fourth-order valence-electron chi connectivity index (χ4n) is 1.22. The van der Waals surface area contributed by atoms with Gasteiger partial charge in [0.2, 0.25) is 0 Å². The zero-order chi connectivity index (χ0) is 12.2. The van der Waals surface area contributed by atoms with Gasteiger partial charge in [0.1, 0.15) is 5.82 Å². The van der Waals surface area contributed by atoms with Crippen molar-refractivity contribution in [3.8, 4) is 0 Å². The van der Waals surface area contributed by atoms with Crippen LogP contribution in [0.3, 0.4) is 0 Å². The second-order valence-corrected chi connectivity index (χ2v) is 3.58. The van der Waals surface area contributed by atoms with Gasteiger partial charge in [-0.15, -0.1) is 0 Å². The highest BCUT2D eigenvalue weighted by Gasteiger charge is 2.02. The SMILES string of the molecule is CCC.CCN(CCNC)c1ccccn1. The highest BCUT2D eigenvalue weighted by molar-refractivity contribution is 5.37. The fourth-order valence-corrected chi connectivity index (χ4v) is 1.22. The number of likely N-dealkylation sites (N-methyl/N-ethyl adjacent to an activating group) is 2. The number of hydrogen-bond acceptors (Lipinski definition) is 3. The van der Waals surface area contributed by atoms with Gasteiger partial charge < -0.3 is 10.2 Å². The summed E-state index contributed by atoms with van der Waals surface area (Å²) in [4.78, 5) is 6.55. The molecule has 1 aromatic rings. The van der Waals surface area contributed by atoms with Gasteiger partial charge in [0, 0.05) is 25.8 Å². The highest BCUT2D eigenvalue weighted by atomic mass is 15.2. The lowest BCUT2D eigenvalue weighted by atomic mass is 10.4. The third kappa shape index (κ3) is 6.40. The molecule has 0 fully saturated rings. The van der Waals surface area contributed by atoms with Crippen molar-refractivity contribution in [1.29, 1.82) is 0 Å². The van der Waals surface area contributed by atoms with Gasteiger partial charge in [-0.3, -0.25) is 0 Å². The predicted octanol–water partition coefficient (Wildman–Crippen LogP) is 2.54. The van der Waals surface area contributed by atoms with Crippen molar-refractivity contribution in [3.05, 3.63) is 24.4 Å². The third-order valence-corrected chi connectivity index (χ3v) is 1.99. The lowest BCUT2D eigenvalue weighted by molar-refractivity contribution is 0.729. The molecule has 0 radical (unpaired) electrons. The second kappa shape index (κ2) is 10.4. The van der Waals surface area contributed by atoms with Gasteiger partial charge in [-0.2, -0.15) is 0 Å². The summed E-state index contributed by atoms with van der Waals surface area (Å²) in [7, 11) is 1.96. The van der Waals surface area contributed by atoms with Crippen LogP contribution in [0.4, 0.5) is 5.82 Å². The van der Waals surface area contributed by atoms with Crippen LogP contribution < -0.4 is 10.2 Å². The van der Waals surface area contributed by atoms with E-state index in [-0.39, 0.29) is 0 Å². The van der Waals surface area contributed by atoms with E-state index < -0.39 is 0 Å². The Balaban J connectivity index is 0.000000673. The molecule has 3 heteroatoms. The number of pyridine rings is 1.